The van der Waals surface area contributed by atoms with E-state index in [1.165, 1.54) is 12.8 Å². The van der Waals surface area contributed by atoms with Gasteiger partial charge in [0, 0.05) is 26.7 Å². The molecule has 1 saturated carbocycles. The average molecular weight is 529 g/mol. The van der Waals surface area contributed by atoms with Crippen molar-refractivity contribution in [3.05, 3.63) is 35.4 Å². The fraction of sp³-hybridized carbons (Fsp3) is 0.650. The number of ether oxygens (including phenoxy) is 2. The molecule has 2 rings (SSSR count). The van der Waals surface area contributed by atoms with Gasteiger partial charge in [0.1, 0.15) is 6.61 Å². The van der Waals surface area contributed by atoms with Gasteiger partial charge >= 0.3 is 6.18 Å². The summed E-state index contributed by atoms with van der Waals surface area (Å²) in [5.74, 6) is 1.52. The Hall–Kier alpha value is -1.07. The Bertz CT molecular complexity index is 625. The predicted molar refractivity (Wildman–Crippen MR) is 119 cm³/mol. The van der Waals surface area contributed by atoms with Gasteiger partial charge in [0.15, 0.2) is 5.96 Å². The smallest absolute Gasteiger partial charge is 0.379 e. The summed E-state index contributed by atoms with van der Waals surface area (Å²) in [4.78, 5) is 6.65. The topological polar surface area (TPSA) is 46.1 Å². The molecule has 0 aliphatic heterocycles. The van der Waals surface area contributed by atoms with Crippen LogP contribution in [0.1, 0.15) is 30.9 Å². The highest BCUT2D eigenvalue weighted by atomic mass is 127. The zero-order chi connectivity index (χ0) is 20.4. The van der Waals surface area contributed by atoms with Crippen LogP contribution in [0.25, 0.3) is 0 Å². The molecule has 9 heteroatoms. The van der Waals surface area contributed by atoms with Gasteiger partial charge in [-0.15, -0.1) is 24.0 Å². The maximum Gasteiger partial charge on any atom is 0.411 e. The minimum Gasteiger partial charge on any atom is -0.379 e. The standard InChI is InChI=1S/C20H30F3N3O2.HI/c1-3-24-19(26(2)9-10-27-13-16-7-8-16)25-12-17-5-4-6-18(11-17)14-28-15-20(21,22)23;/h4-6,11,16H,3,7-10,12-15H2,1-2H3,(H,24,25);1H. The first-order chi connectivity index (χ1) is 13.4. The highest BCUT2D eigenvalue weighted by molar-refractivity contribution is 14.0. The van der Waals surface area contributed by atoms with Crippen LogP contribution in [0.15, 0.2) is 29.3 Å². The molecule has 0 aromatic heterocycles. The summed E-state index contributed by atoms with van der Waals surface area (Å²) in [7, 11) is 1.96. The Kier molecular flexibility index (Phi) is 11.9. The highest BCUT2D eigenvalue weighted by Gasteiger charge is 2.27. The van der Waals surface area contributed by atoms with Crippen molar-refractivity contribution in [1.29, 1.82) is 0 Å². The molecule has 0 unspecified atom stereocenters. The van der Waals surface area contributed by atoms with Crippen molar-refractivity contribution in [2.75, 3.05) is 40.0 Å². The number of alkyl halides is 3. The maximum atomic E-state index is 12.2. The Morgan fingerprint density at radius 1 is 1.24 bits per heavy atom. The quantitative estimate of drug-likeness (QED) is 0.202. The number of likely N-dealkylation sites (N-methyl/N-ethyl adjacent to an activating group) is 1. The largest absolute Gasteiger partial charge is 0.411 e. The van der Waals surface area contributed by atoms with Crippen LogP contribution in [0.4, 0.5) is 13.2 Å². The van der Waals surface area contributed by atoms with Gasteiger partial charge in [-0.3, -0.25) is 0 Å². The van der Waals surface area contributed by atoms with Gasteiger partial charge in [-0.05, 0) is 36.8 Å². The molecule has 0 spiro atoms. The molecule has 1 N–H and O–H groups in total. The number of hydrogen-bond donors (Lipinski definition) is 1. The van der Waals surface area contributed by atoms with Gasteiger partial charge in [0.2, 0.25) is 0 Å². The summed E-state index contributed by atoms with van der Waals surface area (Å²) >= 11 is 0. The lowest BCUT2D eigenvalue weighted by Crippen LogP contribution is -2.40. The lowest BCUT2D eigenvalue weighted by atomic mass is 10.1. The molecule has 166 valence electrons. The van der Waals surface area contributed by atoms with E-state index in [2.05, 4.69) is 10.3 Å². The molecule has 0 heterocycles. The van der Waals surface area contributed by atoms with Crippen molar-refractivity contribution in [2.45, 2.75) is 39.1 Å². The van der Waals surface area contributed by atoms with Gasteiger partial charge in [-0.25, -0.2) is 4.99 Å². The Balaban J connectivity index is 0.00000420. The highest BCUT2D eigenvalue weighted by Crippen LogP contribution is 2.28. The van der Waals surface area contributed by atoms with Gasteiger partial charge in [0.05, 0.1) is 19.8 Å². The Morgan fingerprint density at radius 2 is 1.97 bits per heavy atom. The molecule has 1 aliphatic rings. The summed E-state index contributed by atoms with van der Waals surface area (Å²) < 4.78 is 47.0. The molecule has 1 fully saturated rings. The lowest BCUT2D eigenvalue weighted by molar-refractivity contribution is -0.176. The second kappa shape index (κ2) is 13.3. The fourth-order valence-corrected chi connectivity index (χ4v) is 2.58. The normalized spacial score (nSPS) is 14.4. The minimum absolute atomic E-state index is 0. The monoisotopic (exact) mass is 529 g/mol. The first-order valence-corrected chi connectivity index (χ1v) is 9.67. The predicted octanol–water partition coefficient (Wildman–Crippen LogP) is 4.21. The van der Waals surface area contributed by atoms with Crippen molar-refractivity contribution in [3.8, 4) is 0 Å². The molecule has 1 aromatic carbocycles. The number of rotatable bonds is 11. The van der Waals surface area contributed by atoms with Crippen LogP contribution in [0.3, 0.4) is 0 Å². The second-order valence-corrected chi connectivity index (χ2v) is 7.04. The fourth-order valence-electron chi connectivity index (χ4n) is 2.58. The number of nitrogens with one attached hydrogen (secondary N) is 1. The number of halogens is 4. The summed E-state index contributed by atoms with van der Waals surface area (Å²) in [6, 6.07) is 7.28. The molecule has 0 amide bonds. The van der Waals surface area contributed by atoms with Gasteiger partial charge in [-0.2, -0.15) is 13.2 Å². The molecule has 1 aromatic rings. The first-order valence-electron chi connectivity index (χ1n) is 9.67. The van der Waals surface area contributed by atoms with Crippen LogP contribution in [0.5, 0.6) is 0 Å². The van der Waals surface area contributed by atoms with Crippen molar-refractivity contribution >= 4 is 29.9 Å². The Labute approximate surface area is 188 Å². The van der Waals surface area contributed by atoms with Gasteiger partial charge in [0.25, 0.3) is 0 Å². The van der Waals surface area contributed by atoms with Crippen molar-refractivity contribution in [1.82, 2.24) is 10.2 Å². The van der Waals surface area contributed by atoms with E-state index in [9.17, 15) is 13.2 Å². The molecule has 0 radical (unpaired) electrons. The molecule has 0 bridgehead atoms. The summed E-state index contributed by atoms with van der Waals surface area (Å²) in [5, 5.41) is 3.25. The van der Waals surface area contributed by atoms with Crippen molar-refractivity contribution in [2.24, 2.45) is 10.9 Å². The molecule has 0 atom stereocenters. The number of aliphatic imine (C=N–C) groups is 1. The second-order valence-electron chi connectivity index (χ2n) is 7.04. The maximum absolute atomic E-state index is 12.2. The average Bonchev–Trinajstić information content (AvgIpc) is 3.46. The van der Waals surface area contributed by atoms with Crippen LogP contribution >= 0.6 is 24.0 Å². The van der Waals surface area contributed by atoms with E-state index >= 15 is 0 Å². The zero-order valence-electron chi connectivity index (χ0n) is 17.0. The SMILES string of the molecule is CCNC(=NCc1cccc(COCC(F)(F)F)c1)N(C)CCOCC1CC1.I. The molecule has 5 nitrogen and oxygen atoms in total. The van der Waals surface area contributed by atoms with E-state index in [4.69, 9.17) is 9.47 Å². The van der Waals surface area contributed by atoms with Crippen molar-refractivity contribution < 1.29 is 22.6 Å². The first kappa shape index (κ1) is 26.0. The van der Waals surface area contributed by atoms with Gasteiger partial charge in [-0.1, -0.05) is 24.3 Å². The van der Waals surface area contributed by atoms with E-state index in [-0.39, 0.29) is 30.6 Å². The third-order valence-corrected chi connectivity index (χ3v) is 4.26. The lowest BCUT2D eigenvalue weighted by Gasteiger charge is -2.22. The third-order valence-electron chi connectivity index (χ3n) is 4.26. The number of nitrogens with zero attached hydrogens (tertiary/aromatic N) is 2. The van der Waals surface area contributed by atoms with E-state index < -0.39 is 12.8 Å². The van der Waals surface area contributed by atoms with Crippen LogP contribution in [-0.4, -0.2) is 57.0 Å². The number of guanidine groups is 1. The van der Waals surface area contributed by atoms with E-state index in [0.29, 0.717) is 18.7 Å². The number of hydrogen-bond acceptors (Lipinski definition) is 3. The van der Waals surface area contributed by atoms with Crippen LogP contribution in [-0.2, 0) is 22.6 Å². The summed E-state index contributed by atoms with van der Waals surface area (Å²) in [5.41, 5.74) is 1.62. The van der Waals surface area contributed by atoms with Gasteiger partial charge < -0.3 is 19.7 Å². The molecule has 0 saturated heterocycles. The molecule has 1 aliphatic carbocycles. The Morgan fingerprint density at radius 3 is 2.62 bits per heavy atom. The minimum atomic E-state index is -4.31. The van der Waals surface area contributed by atoms with Crippen molar-refractivity contribution in [3.63, 3.8) is 0 Å². The zero-order valence-corrected chi connectivity index (χ0v) is 19.3. The van der Waals surface area contributed by atoms with Crippen LogP contribution in [0, 0.1) is 5.92 Å². The molecule has 29 heavy (non-hydrogen) atoms. The van der Waals surface area contributed by atoms with E-state index in [1.54, 1.807) is 12.1 Å². The van der Waals surface area contributed by atoms with E-state index in [0.717, 1.165) is 37.1 Å². The van der Waals surface area contributed by atoms with Crippen LogP contribution in [0.2, 0.25) is 0 Å². The van der Waals surface area contributed by atoms with Crippen LogP contribution < -0.4 is 5.32 Å². The number of benzene rings is 1. The molecular weight excluding hydrogens is 498 g/mol. The summed E-state index contributed by atoms with van der Waals surface area (Å²) in [6.45, 7) is 4.10. The molecular formula is C20H31F3IN3O2. The summed E-state index contributed by atoms with van der Waals surface area (Å²) in [6.07, 6.45) is -1.75. The van der Waals surface area contributed by atoms with E-state index in [1.807, 2.05) is 31.0 Å². The third kappa shape index (κ3) is 11.6.